The van der Waals surface area contributed by atoms with E-state index < -0.39 is 32.2 Å². The molecule has 1 N–H and O–H groups in total. The molecule has 0 aliphatic carbocycles. The summed E-state index contributed by atoms with van der Waals surface area (Å²) in [4.78, 5) is 20.5. The van der Waals surface area contributed by atoms with E-state index in [9.17, 15) is 24.1 Å². The zero-order valence-corrected chi connectivity index (χ0v) is 15.0. The molecule has 0 radical (unpaired) electrons. The van der Waals surface area contributed by atoms with Gasteiger partial charge in [-0.2, -0.15) is 0 Å². The molecule has 4 atom stereocenters. The SMILES string of the molecule is CCOC([PH+]=O)(c1ccc([N+](=O)[O-])cc1)P(=O)(O)OC(C)CC. The molecule has 23 heavy (non-hydrogen) atoms. The first-order chi connectivity index (χ1) is 10.7. The Kier molecular flexibility index (Phi) is 6.99. The van der Waals surface area contributed by atoms with Crippen LogP contribution in [0, 0.1) is 10.1 Å². The smallest absolute Gasteiger partial charge is 0.320 e. The fraction of sp³-hybridized carbons (Fsp3) is 0.538. The van der Waals surface area contributed by atoms with E-state index in [1.54, 1.807) is 20.8 Å². The van der Waals surface area contributed by atoms with Crippen LogP contribution in [0.25, 0.3) is 0 Å². The Morgan fingerprint density at radius 1 is 1.39 bits per heavy atom. The van der Waals surface area contributed by atoms with Gasteiger partial charge < -0.3 is 14.2 Å². The Hall–Kier alpha value is -1.17. The molecule has 0 aromatic heterocycles. The maximum atomic E-state index is 12.7. The van der Waals surface area contributed by atoms with Crippen molar-refractivity contribution in [2.24, 2.45) is 0 Å². The summed E-state index contributed by atoms with van der Waals surface area (Å²) in [6.07, 6.45) is -0.0605. The number of benzene rings is 1. The van der Waals surface area contributed by atoms with E-state index in [-0.39, 0.29) is 17.9 Å². The van der Waals surface area contributed by atoms with E-state index in [1.807, 2.05) is 0 Å². The van der Waals surface area contributed by atoms with Crippen LogP contribution in [-0.2, 0) is 23.5 Å². The maximum absolute atomic E-state index is 12.7. The summed E-state index contributed by atoms with van der Waals surface area (Å²) >= 11 is 0. The molecule has 10 heteroatoms. The minimum atomic E-state index is -4.48. The normalized spacial score (nSPS) is 18.1. The maximum Gasteiger partial charge on any atom is 0.415 e. The summed E-state index contributed by atoms with van der Waals surface area (Å²) in [5, 5.41) is 8.65. The van der Waals surface area contributed by atoms with Crippen LogP contribution in [0.5, 0.6) is 0 Å². The number of rotatable bonds is 9. The van der Waals surface area contributed by atoms with Gasteiger partial charge in [0.1, 0.15) is 0 Å². The van der Waals surface area contributed by atoms with Crippen molar-refractivity contribution in [3.8, 4) is 0 Å². The molecule has 0 saturated heterocycles. The molecule has 1 aromatic rings. The highest BCUT2D eigenvalue weighted by Gasteiger charge is 2.61. The van der Waals surface area contributed by atoms with Crippen molar-refractivity contribution in [3.63, 3.8) is 0 Å². The summed E-state index contributed by atoms with van der Waals surface area (Å²) in [5.74, 6) is 0. The Labute approximate surface area is 135 Å². The van der Waals surface area contributed by atoms with Gasteiger partial charge in [-0.05, 0) is 32.4 Å². The van der Waals surface area contributed by atoms with Gasteiger partial charge in [-0.1, -0.05) is 11.5 Å². The Morgan fingerprint density at radius 2 is 1.96 bits per heavy atom. The average Bonchev–Trinajstić information content (AvgIpc) is 2.51. The molecule has 0 heterocycles. The van der Waals surface area contributed by atoms with Gasteiger partial charge in [0.25, 0.3) is 5.69 Å². The minimum Gasteiger partial charge on any atom is -0.320 e. The average molecular weight is 364 g/mol. The van der Waals surface area contributed by atoms with Crippen molar-refractivity contribution in [2.45, 2.75) is 38.4 Å². The molecular formula is C13H20NO7P2+. The van der Waals surface area contributed by atoms with Gasteiger partial charge in [0.2, 0.25) is 0 Å². The van der Waals surface area contributed by atoms with Gasteiger partial charge in [0.05, 0.1) is 17.6 Å². The molecule has 0 saturated carbocycles. The molecule has 0 fully saturated rings. The second-order valence-electron chi connectivity index (χ2n) is 4.83. The highest BCUT2D eigenvalue weighted by Crippen LogP contribution is 2.67. The predicted octanol–water partition coefficient (Wildman–Crippen LogP) is 3.77. The van der Waals surface area contributed by atoms with Gasteiger partial charge in [0.15, 0.2) is 0 Å². The molecule has 1 aromatic carbocycles. The number of hydrogen-bond donors (Lipinski definition) is 1. The topological polar surface area (TPSA) is 116 Å². The molecule has 0 bridgehead atoms. The third-order valence-corrected chi connectivity index (χ3v) is 6.92. The second-order valence-corrected chi connectivity index (χ2v) is 8.04. The molecule has 1 rings (SSSR count). The van der Waals surface area contributed by atoms with Crippen LogP contribution in [0.2, 0.25) is 0 Å². The van der Waals surface area contributed by atoms with E-state index in [0.29, 0.717) is 6.42 Å². The van der Waals surface area contributed by atoms with Crippen molar-refractivity contribution in [2.75, 3.05) is 6.61 Å². The third kappa shape index (κ3) is 4.22. The van der Waals surface area contributed by atoms with Gasteiger partial charge >= 0.3 is 21.1 Å². The lowest BCUT2D eigenvalue weighted by Crippen LogP contribution is -2.26. The highest BCUT2D eigenvalue weighted by atomic mass is 31.2. The molecular weight excluding hydrogens is 344 g/mol. The first-order valence-corrected chi connectivity index (χ1v) is 9.52. The summed E-state index contributed by atoms with van der Waals surface area (Å²) in [6, 6.07) is 4.82. The van der Waals surface area contributed by atoms with Crippen LogP contribution in [0.4, 0.5) is 5.69 Å². The monoisotopic (exact) mass is 364 g/mol. The van der Waals surface area contributed by atoms with Gasteiger partial charge in [0, 0.05) is 17.7 Å². The number of nitro benzene ring substituents is 1. The van der Waals surface area contributed by atoms with Gasteiger partial charge in [-0.15, -0.1) is 0 Å². The number of nitrogens with zero attached hydrogens (tertiary/aromatic N) is 1. The largest absolute Gasteiger partial charge is 0.415 e. The zero-order chi connectivity index (χ0) is 17.7. The Morgan fingerprint density at radius 3 is 2.35 bits per heavy atom. The predicted molar refractivity (Wildman–Crippen MR) is 86.1 cm³/mol. The minimum absolute atomic E-state index is 0.0145. The lowest BCUT2D eigenvalue weighted by Gasteiger charge is -2.27. The summed E-state index contributed by atoms with van der Waals surface area (Å²) in [6.45, 7) is 4.99. The van der Waals surface area contributed by atoms with Crippen LogP contribution in [0.1, 0.15) is 32.8 Å². The van der Waals surface area contributed by atoms with E-state index >= 15 is 0 Å². The lowest BCUT2D eigenvalue weighted by atomic mass is 10.2. The molecule has 0 aliphatic rings. The van der Waals surface area contributed by atoms with E-state index in [1.165, 1.54) is 12.1 Å². The quantitative estimate of drug-likeness (QED) is 0.403. The first kappa shape index (κ1) is 19.9. The van der Waals surface area contributed by atoms with Crippen molar-refractivity contribution in [3.05, 3.63) is 39.9 Å². The van der Waals surface area contributed by atoms with Crippen LogP contribution >= 0.6 is 16.1 Å². The van der Waals surface area contributed by atoms with E-state index in [0.717, 1.165) is 12.1 Å². The number of non-ortho nitro benzene ring substituents is 1. The van der Waals surface area contributed by atoms with E-state index in [2.05, 4.69) is 0 Å². The van der Waals surface area contributed by atoms with Crippen LogP contribution < -0.4 is 0 Å². The molecule has 4 unspecified atom stereocenters. The lowest BCUT2D eigenvalue weighted by molar-refractivity contribution is -0.384. The molecule has 0 spiro atoms. The summed E-state index contributed by atoms with van der Waals surface area (Å²) in [5.41, 5.74) is -0.101. The summed E-state index contributed by atoms with van der Waals surface area (Å²) in [7, 11) is -5.81. The standard InChI is InChI=1S/C13H19NO7P2/c1-4-10(3)21-23(18,19)13(22-17,20-5-2)11-6-8-12(9-7-11)14(15)16/h6-10H,4-5H2,1-3H3,(H,18,19)/p+1. The molecule has 0 amide bonds. The van der Waals surface area contributed by atoms with Crippen molar-refractivity contribution < 1.29 is 28.2 Å². The Balaban J connectivity index is 3.38. The molecule has 0 aliphatic heterocycles. The van der Waals surface area contributed by atoms with Crippen molar-refractivity contribution in [1.82, 2.24) is 0 Å². The number of hydrogen-bond acceptors (Lipinski definition) is 6. The number of nitro groups is 1. The molecule has 8 nitrogen and oxygen atoms in total. The van der Waals surface area contributed by atoms with Crippen LogP contribution in [0.3, 0.4) is 0 Å². The fourth-order valence-electron chi connectivity index (χ4n) is 1.88. The number of ether oxygens (including phenoxy) is 1. The van der Waals surface area contributed by atoms with Crippen LogP contribution in [-0.4, -0.2) is 22.5 Å². The van der Waals surface area contributed by atoms with Gasteiger partial charge in [-0.25, -0.2) is 0 Å². The summed E-state index contributed by atoms with van der Waals surface area (Å²) < 4.78 is 35.1. The zero-order valence-electron chi connectivity index (χ0n) is 13.1. The van der Waals surface area contributed by atoms with Crippen LogP contribution in [0.15, 0.2) is 24.3 Å². The van der Waals surface area contributed by atoms with E-state index in [4.69, 9.17) is 9.26 Å². The Bertz CT molecular complexity index is 607. The highest BCUT2D eigenvalue weighted by molar-refractivity contribution is 7.63. The fourth-order valence-corrected chi connectivity index (χ4v) is 4.54. The first-order valence-electron chi connectivity index (χ1n) is 7.03. The second kappa shape index (κ2) is 8.08. The third-order valence-electron chi connectivity index (χ3n) is 3.26. The van der Waals surface area contributed by atoms with Crippen molar-refractivity contribution >= 4 is 21.7 Å². The van der Waals surface area contributed by atoms with Gasteiger partial charge in [-0.3, -0.25) is 14.7 Å². The van der Waals surface area contributed by atoms with Crippen molar-refractivity contribution in [1.29, 1.82) is 0 Å². The molecule has 128 valence electrons.